The SMILES string of the molecule is COC(=O)c1cccc(C(=O)Oc2ccc([N+](=O)[O-])cc2)n1. The molecule has 0 aliphatic rings. The number of carbonyl (C=O) groups excluding carboxylic acids is 2. The summed E-state index contributed by atoms with van der Waals surface area (Å²) in [5.74, 6) is -1.34. The fraction of sp³-hybridized carbons (Fsp3) is 0.0714. The maximum atomic E-state index is 11.9. The molecule has 0 atom stereocenters. The van der Waals surface area contributed by atoms with Gasteiger partial charge in [0, 0.05) is 12.1 Å². The van der Waals surface area contributed by atoms with E-state index in [0.29, 0.717) is 0 Å². The predicted octanol–water partition coefficient (Wildman–Crippen LogP) is 2.00. The molecular weight excluding hydrogens is 292 g/mol. The number of ether oxygens (including phenoxy) is 2. The Morgan fingerprint density at radius 1 is 1.05 bits per heavy atom. The van der Waals surface area contributed by atoms with E-state index in [4.69, 9.17) is 4.74 Å². The molecule has 0 saturated heterocycles. The first-order valence-electron chi connectivity index (χ1n) is 6.03. The summed E-state index contributed by atoms with van der Waals surface area (Å²) in [5, 5.41) is 10.5. The zero-order valence-electron chi connectivity index (χ0n) is 11.4. The molecule has 0 fully saturated rings. The third-order valence-electron chi connectivity index (χ3n) is 2.61. The summed E-state index contributed by atoms with van der Waals surface area (Å²) in [6.07, 6.45) is 0. The topological polar surface area (TPSA) is 109 Å². The molecule has 1 aromatic carbocycles. The van der Waals surface area contributed by atoms with E-state index in [-0.39, 0.29) is 22.8 Å². The highest BCUT2D eigenvalue weighted by molar-refractivity contribution is 5.92. The summed E-state index contributed by atoms with van der Waals surface area (Å²) in [5.41, 5.74) is -0.229. The van der Waals surface area contributed by atoms with Gasteiger partial charge in [0.2, 0.25) is 0 Å². The van der Waals surface area contributed by atoms with Crippen LogP contribution in [0.1, 0.15) is 21.0 Å². The molecule has 0 spiro atoms. The number of nitro benzene ring substituents is 1. The monoisotopic (exact) mass is 302 g/mol. The normalized spacial score (nSPS) is 9.86. The van der Waals surface area contributed by atoms with Gasteiger partial charge in [-0.05, 0) is 24.3 Å². The van der Waals surface area contributed by atoms with Crippen LogP contribution in [0.15, 0.2) is 42.5 Å². The lowest BCUT2D eigenvalue weighted by atomic mass is 10.3. The van der Waals surface area contributed by atoms with Crippen LogP contribution >= 0.6 is 0 Å². The van der Waals surface area contributed by atoms with Gasteiger partial charge in [-0.2, -0.15) is 0 Å². The van der Waals surface area contributed by atoms with Gasteiger partial charge in [-0.15, -0.1) is 0 Å². The zero-order chi connectivity index (χ0) is 16.1. The molecule has 2 aromatic rings. The largest absolute Gasteiger partial charge is 0.464 e. The molecule has 112 valence electrons. The number of non-ortho nitro benzene ring substituents is 1. The van der Waals surface area contributed by atoms with Gasteiger partial charge in [0.05, 0.1) is 12.0 Å². The summed E-state index contributed by atoms with van der Waals surface area (Å²) in [4.78, 5) is 37.1. The summed E-state index contributed by atoms with van der Waals surface area (Å²) < 4.78 is 9.53. The number of esters is 2. The smallest absolute Gasteiger partial charge is 0.362 e. The minimum Gasteiger partial charge on any atom is -0.464 e. The first-order valence-corrected chi connectivity index (χ1v) is 6.03. The number of nitrogens with zero attached hydrogens (tertiary/aromatic N) is 2. The summed E-state index contributed by atoms with van der Waals surface area (Å²) in [7, 11) is 1.20. The minimum atomic E-state index is -0.792. The van der Waals surface area contributed by atoms with Gasteiger partial charge >= 0.3 is 11.9 Å². The van der Waals surface area contributed by atoms with Crippen molar-refractivity contribution in [3.05, 3.63) is 64.0 Å². The number of benzene rings is 1. The molecule has 0 bridgehead atoms. The second-order valence-electron chi connectivity index (χ2n) is 4.04. The molecular formula is C14H10N2O6. The van der Waals surface area contributed by atoms with Crippen LogP contribution in [0.4, 0.5) is 5.69 Å². The Kier molecular flexibility index (Phi) is 4.42. The Balaban J connectivity index is 2.15. The van der Waals surface area contributed by atoms with Gasteiger partial charge in [-0.1, -0.05) is 6.07 Å². The summed E-state index contributed by atoms with van der Waals surface area (Å²) in [6.45, 7) is 0. The maximum Gasteiger partial charge on any atom is 0.362 e. The number of pyridine rings is 1. The Bertz CT molecular complexity index is 726. The fourth-order valence-electron chi connectivity index (χ4n) is 1.56. The van der Waals surface area contributed by atoms with Crippen LogP contribution in [0.5, 0.6) is 5.75 Å². The Labute approximate surface area is 124 Å². The molecule has 0 saturated carbocycles. The molecule has 1 heterocycles. The van der Waals surface area contributed by atoms with Crippen molar-refractivity contribution in [2.24, 2.45) is 0 Å². The minimum absolute atomic E-state index is 0.0272. The van der Waals surface area contributed by atoms with E-state index in [1.165, 1.54) is 49.6 Å². The average Bonchev–Trinajstić information content (AvgIpc) is 2.54. The standard InChI is InChI=1S/C14H10N2O6/c1-21-13(17)11-3-2-4-12(15-11)14(18)22-10-7-5-9(6-8-10)16(19)20/h2-8H,1H3. The van der Waals surface area contributed by atoms with E-state index < -0.39 is 16.9 Å². The first kappa shape index (κ1) is 15.1. The van der Waals surface area contributed by atoms with Crippen LogP contribution in [-0.4, -0.2) is 29.0 Å². The number of rotatable bonds is 4. The first-order chi connectivity index (χ1) is 10.5. The Morgan fingerprint density at radius 3 is 2.18 bits per heavy atom. The van der Waals surface area contributed by atoms with E-state index in [9.17, 15) is 19.7 Å². The molecule has 0 amide bonds. The lowest BCUT2D eigenvalue weighted by Gasteiger charge is -2.04. The number of nitro groups is 1. The Hall–Kier alpha value is -3.29. The summed E-state index contributed by atoms with van der Waals surface area (Å²) in [6, 6.07) is 9.24. The third-order valence-corrected chi connectivity index (χ3v) is 2.61. The second kappa shape index (κ2) is 6.44. The predicted molar refractivity (Wildman–Crippen MR) is 73.6 cm³/mol. The lowest BCUT2D eigenvalue weighted by molar-refractivity contribution is -0.384. The van der Waals surface area contributed by atoms with Crippen molar-refractivity contribution in [2.75, 3.05) is 7.11 Å². The number of carbonyl (C=O) groups is 2. The van der Waals surface area contributed by atoms with Crippen molar-refractivity contribution in [1.82, 2.24) is 4.98 Å². The number of hydrogen-bond acceptors (Lipinski definition) is 7. The molecule has 8 nitrogen and oxygen atoms in total. The Morgan fingerprint density at radius 2 is 1.64 bits per heavy atom. The third kappa shape index (κ3) is 3.42. The maximum absolute atomic E-state index is 11.9. The van der Waals surface area contributed by atoms with E-state index in [2.05, 4.69) is 9.72 Å². The quantitative estimate of drug-likeness (QED) is 0.367. The van der Waals surface area contributed by atoms with Crippen molar-refractivity contribution in [3.8, 4) is 5.75 Å². The van der Waals surface area contributed by atoms with Gasteiger partial charge in [0.1, 0.15) is 17.1 Å². The molecule has 0 N–H and O–H groups in total. The fourth-order valence-corrected chi connectivity index (χ4v) is 1.56. The van der Waals surface area contributed by atoms with E-state index in [1.807, 2.05) is 0 Å². The van der Waals surface area contributed by atoms with Crippen LogP contribution in [0.25, 0.3) is 0 Å². The second-order valence-corrected chi connectivity index (χ2v) is 4.04. The molecule has 0 aliphatic heterocycles. The van der Waals surface area contributed by atoms with Crippen LogP contribution in [0.2, 0.25) is 0 Å². The van der Waals surface area contributed by atoms with Crippen LogP contribution in [0.3, 0.4) is 0 Å². The van der Waals surface area contributed by atoms with Gasteiger partial charge in [-0.25, -0.2) is 14.6 Å². The molecule has 8 heteroatoms. The number of hydrogen-bond donors (Lipinski definition) is 0. The van der Waals surface area contributed by atoms with Gasteiger partial charge in [0.25, 0.3) is 5.69 Å². The average molecular weight is 302 g/mol. The molecule has 0 unspecified atom stereocenters. The lowest BCUT2D eigenvalue weighted by Crippen LogP contribution is -2.13. The van der Waals surface area contributed by atoms with Crippen LogP contribution < -0.4 is 4.74 Å². The number of methoxy groups -OCH3 is 1. The van der Waals surface area contributed by atoms with Gasteiger partial charge < -0.3 is 9.47 Å². The molecule has 1 aromatic heterocycles. The van der Waals surface area contributed by atoms with E-state index in [0.717, 1.165) is 0 Å². The van der Waals surface area contributed by atoms with Gasteiger partial charge in [0.15, 0.2) is 0 Å². The molecule has 0 radical (unpaired) electrons. The highest BCUT2D eigenvalue weighted by atomic mass is 16.6. The van der Waals surface area contributed by atoms with E-state index in [1.54, 1.807) is 0 Å². The van der Waals surface area contributed by atoms with Crippen molar-refractivity contribution in [3.63, 3.8) is 0 Å². The molecule has 22 heavy (non-hydrogen) atoms. The van der Waals surface area contributed by atoms with Crippen molar-refractivity contribution >= 4 is 17.6 Å². The highest BCUT2D eigenvalue weighted by Crippen LogP contribution is 2.18. The van der Waals surface area contributed by atoms with Crippen LogP contribution in [-0.2, 0) is 4.74 Å². The van der Waals surface area contributed by atoms with Crippen LogP contribution in [0, 0.1) is 10.1 Å². The van der Waals surface area contributed by atoms with Crippen molar-refractivity contribution in [2.45, 2.75) is 0 Å². The van der Waals surface area contributed by atoms with Crippen molar-refractivity contribution < 1.29 is 24.0 Å². The highest BCUT2D eigenvalue weighted by Gasteiger charge is 2.15. The summed E-state index contributed by atoms with van der Waals surface area (Å²) >= 11 is 0. The van der Waals surface area contributed by atoms with E-state index >= 15 is 0 Å². The zero-order valence-corrected chi connectivity index (χ0v) is 11.4. The number of aromatic nitrogens is 1. The van der Waals surface area contributed by atoms with Gasteiger partial charge in [-0.3, -0.25) is 10.1 Å². The molecule has 2 rings (SSSR count). The van der Waals surface area contributed by atoms with Crippen molar-refractivity contribution in [1.29, 1.82) is 0 Å². The molecule has 0 aliphatic carbocycles.